The molecule has 1 saturated heterocycles. The van der Waals surface area contributed by atoms with Gasteiger partial charge in [0.05, 0.1) is 29.5 Å². The van der Waals surface area contributed by atoms with Crippen molar-refractivity contribution in [1.29, 1.82) is 0 Å². The number of hydrogen-bond acceptors (Lipinski definition) is 4. The Morgan fingerprint density at radius 2 is 1.69 bits per heavy atom. The number of ether oxygens (including phenoxy) is 1. The van der Waals surface area contributed by atoms with Gasteiger partial charge < -0.3 is 9.84 Å². The molecule has 1 N–H and O–H groups in total. The van der Waals surface area contributed by atoms with E-state index < -0.39 is 35.7 Å². The maximum atomic E-state index is 13.7. The van der Waals surface area contributed by atoms with E-state index in [1.807, 2.05) is 13.8 Å². The molecular weight excluding hydrogens is 474 g/mol. The average molecular weight is 500 g/mol. The third-order valence-electron chi connectivity index (χ3n) is 5.97. The lowest BCUT2D eigenvalue weighted by Crippen LogP contribution is -2.31. The van der Waals surface area contributed by atoms with Crippen molar-refractivity contribution < 1.29 is 32.2 Å². The second kappa shape index (κ2) is 10.2. The van der Waals surface area contributed by atoms with Gasteiger partial charge in [-0.15, -0.1) is 0 Å². The molecular formula is C28H25F4NO3. The van der Waals surface area contributed by atoms with Crippen LogP contribution in [0.4, 0.5) is 17.6 Å². The van der Waals surface area contributed by atoms with Gasteiger partial charge >= 0.3 is 12.1 Å². The van der Waals surface area contributed by atoms with Crippen molar-refractivity contribution in [3.63, 3.8) is 0 Å². The molecule has 0 bridgehead atoms. The fraction of sp³-hybridized carbons (Fsp3) is 0.286. The highest BCUT2D eigenvalue weighted by Gasteiger charge is 2.30. The van der Waals surface area contributed by atoms with E-state index >= 15 is 0 Å². The van der Waals surface area contributed by atoms with Crippen molar-refractivity contribution in [3.05, 3.63) is 83.3 Å². The zero-order valence-electron chi connectivity index (χ0n) is 19.7. The molecule has 0 aliphatic carbocycles. The lowest BCUT2D eigenvalue weighted by molar-refractivity contribution is -0.156. The zero-order valence-corrected chi connectivity index (χ0v) is 19.7. The van der Waals surface area contributed by atoms with E-state index in [9.17, 15) is 27.5 Å². The van der Waals surface area contributed by atoms with E-state index in [1.54, 1.807) is 30.4 Å². The first-order chi connectivity index (χ1) is 17.0. The minimum absolute atomic E-state index is 0.0498. The van der Waals surface area contributed by atoms with E-state index in [0.717, 1.165) is 12.1 Å². The van der Waals surface area contributed by atoms with Crippen LogP contribution in [0.3, 0.4) is 0 Å². The number of rotatable bonds is 5. The zero-order chi connectivity index (χ0) is 26.0. The number of aliphatic hydroxyl groups excluding tert-OH is 1. The molecule has 188 valence electrons. The maximum absolute atomic E-state index is 13.7. The molecule has 1 aliphatic rings. The summed E-state index contributed by atoms with van der Waals surface area (Å²) in [6.45, 7) is 3.88. The Bertz CT molecular complexity index is 1270. The van der Waals surface area contributed by atoms with E-state index in [-0.39, 0.29) is 18.8 Å². The summed E-state index contributed by atoms with van der Waals surface area (Å²) < 4.78 is 58.1. The lowest BCUT2D eigenvalue weighted by Gasteiger charge is -2.24. The average Bonchev–Trinajstić information content (AvgIpc) is 2.81. The van der Waals surface area contributed by atoms with Crippen LogP contribution in [0.5, 0.6) is 0 Å². The van der Waals surface area contributed by atoms with Crippen LogP contribution >= 0.6 is 0 Å². The Morgan fingerprint density at radius 1 is 1.06 bits per heavy atom. The van der Waals surface area contributed by atoms with Crippen molar-refractivity contribution in [1.82, 2.24) is 4.98 Å². The smallest absolute Gasteiger partial charge is 0.416 e. The van der Waals surface area contributed by atoms with Crippen molar-refractivity contribution in [3.8, 4) is 22.4 Å². The summed E-state index contributed by atoms with van der Waals surface area (Å²) >= 11 is 0. The summed E-state index contributed by atoms with van der Waals surface area (Å²) in [6, 6.07) is 12.4. The number of nitrogens with zero attached hydrogens (tertiary/aromatic N) is 1. The molecule has 2 aromatic carbocycles. The topological polar surface area (TPSA) is 59.4 Å². The first-order valence-electron chi connectivity index (χ1n) is 11.6. The normalized spacial score (nSPS) is 18.6. The van der Waals surface area contributed by atoms with E-state index in [2.05, 4.69) is 0 Å². The highest BCUT2D eigenvalue weighted by atomic mass is 19.4. The van der Waals surface area contributed by atoms with E-state index in [4.69, 9.17) is 9.72 Å². The standard InChI is InChI=1S/C28H25F4NO3/c1-16(2)27-23(12-11-22-13-21(34)14-26(35)36-22)24(17-5-9-20(29)10-6-17)15-25(33-27)18-3-7-19(8-4-18)28(30,31)32/h3-12,15-16,21-22,34H,13-14H2,1-2H3/t21-,22-/m1/s1. The molecule has 36 heavy (non-hydrogen) atoms. The number of carbonyl (C=O) groups is 1. The summed E-state index contributed by atoms with van der Waals surface area (Å²) in [5.41, 5.74) is 3.00. The van der Waals surface area contributed by atoms with Gasteiger partial charge in [-0.25, -0.2) is 4.39 Å². The molecule has 0 saturated carbocycles. The minimum atomic E-state index is -4.45. The third kappa shape index (κ3) is 5.82. The molecule has 0 amide bonds. The van der Waals surface area contributed by atoms with Gasteiger partial charge in [0.25, 0.3) is 0 Å². The van der Waals surface area contributed by atoms with Crippen molar-refractivity contribution in [2.24, 2.45) is 0 Å². The van der Waals surface area contributed by atoms with Gasteiger partial charge in [0.2, 0.25) is 0 Å². The quantitative estimate of drug-likeness (QED) is 0.311. The Morgan fingerprint density at radius 3 is 2.28 bits per heavy atom. The maximum Gasteiger partial charge on any atom is 0.416 e. The summed E-state index contributed by atoms with van der Waals surface area (Å²) in [5, 5.41) is 9.93. The molecule has 4 nitrogen and oxygen atoms in total. The minimum Gasteiger partial charge on any atom is -0.458 e. The van der Waals surface area contributed by atoms with Crippen molar-refractivity contribution >= 4 is 12.0 Å². The van der Waals surface area contributed by atoms with Crippen LogP contribution < -0.4 is 0 Å². The first kappa shape index (κ1) is 25.6. The summed E-state index contributed by atoms with van der Waals surface area (Å²) in [6.07, 6.45) is -2.17. The summed E-state index contributed by atoms with van der Waals surface area (Å²) in [5.74, 6) is -0.959. The predicted molar refractivity (Wildman–Crippen MR) is 128 cm³/mol. The van der Waals surface area contributed by atoms with Gasteiger partial charge in [-0.1, -0.05) is 44.2 Å². The second-order valence-corrected chi connectivity index (χ2v) is 9.07. The van der Waals surface area contributed by atoms with Gasteiger partial charge in [-0.3, -0.25) is 9.78 Å². The Balaban J connectivity index is 1.84. The van der Waals surface area contributed by atoms with Gasteiger partial charge in [0, 0.05) is 17.5 Å². The number of cyclic esters (lactones) is 1. The number of hydrogen-bond donors (Lipinski definition) is 1. The van der Waals surface area contributed by atoms with Crippen LogP contribution in [0.2, 0.25) is 0 Å². The fourth-order valence-electron chi connectivity index (χ4n) is 4.17. The summed E-state index contributed by atoms with van der Waals surface area (Å²) in [4.78, 5) is 16.5. The number of benzene rings is 2. The predicted octanol–water partition coefficient (Wildman–Crippen LogP) is 6.78. The number of alkyl halides is 3. The number of esters is 1. The van der Waals surface area contributed by atoms with E-state index in [1.165, 1.54) is 24.3 Å². The molecule has 2 heterocycles. The van der Waals surface area contributed by atoms with Crippen molar-refractivity contribution in [2.75, 3.05) is 0 Å². The number of aromatic nitrogens is 1. The highest BCUT2D eigenvalue weighted by molar-refractivity contribution is 5.81. The van der Waals surface area contributed by atoms with Crippen LogP contribution in [0.1, 0.15) is 49.4 Å². The Hall–Kier alpha value is -3.52. The van der Waals surface area contributed by atoms with Gasteiger partial charge in [0.1, 0.15) is 11.9 Å². The molecule has 0 radical (unpaired) electrons. The largest absolute Gasteiger partial charge is 0.458 e. The van der Waals surface area contributed by atoms with Gasteiger partial charge in [-0.2, -0.15) is 13.2 Å². The highest BCUT2D eigenvalue weighted by Crippen LogP contribution is 2.36. The number of pyridine rings is 1. The lowest BCUT2D eigenvalue weighted by atomic mass is 9.91. The van der Waals surface area contributed by atoms with Gasteiger partial charge in [-0.05, 0) is 53.5 Å². The molecule has 1 aromatic heterocycles. The molecule has 1 aliphatic heterocycles. The van der Waals surface area contributed by atoms with Crippen LogP contribution in [0.15, 0.2) is 60.7 Å². The molecule has 0 spiro atoms. The van der Waals surface area contributed by atoms with E-state index in [0.29, 0.717) is 33.6 Å². The molecule has 4 rings (SSSR count). The molecule has 1 fully saturated rings. The molecule has 0 unspecified atom stereocenters. The SMILES string of the molecule is CC(C)c1nc(-c2ccc(C(F)(F)F)cc2)cc(-c2ccc(F)cc2)c1C=C[C@@H]1C[C@@H](O)CC(=O)O1. The molecule has 3 aromatic rings. The number of carbonyl (C=O) groups excluding carboxylic acids is 1. The Kier molecular flexibility index (Phi) is 7.26. The fourth-order valence-corrected chi connectivity index (χ4v) is 4.17. The monoisotopic (exact) mass is 499 g/mol. The van der Waals surface area contributed by atoms with Crippen LogP contribution in [0, 0.1) is 5.82 Å². The van der Waals surface area contributed by atoms with Crippen LogP contribution in [0.25, 0.3) is 28.5 Å². The first-order valence-corrected chi connectivity index (χ1v) is 11.6. The second-order valence-electron chi connectivity index (χ2n) is 9.07. The molecule has 2 atom stereocenters. The number of halogens is 4. The summed E-state index contributed by atoms with van der Waals surface area (Å²) in [7, 11) is 0. The van der Waals surface area contributed by atoms with Crippen molar-refractivity contribution in [2.45, 2.75) is 51.0 Å². The van der Waals surface area contributed by atoms with Crippen LogP contribution in [-0.2, 0) is 15.7 Å². The Labute approximate surface area is 206 Å². The molecule has 8 heteroatoms. The van der Waals surface area contributed by atoms with Crippen LogP contribution in [-0.4, -0.2) is 28.3 Å². The van der Waals surface area contributed by atoms with Gasteiger partial charge in [0.15, 0.2) is 0 Å². The third-order valence-corrected chi connectivity index (χ3v) is 5.97. The number of aliphatic hydroxyl groups is 1.